The molecule has 0 atom stereocenters. The number of amides is 1. The van der Waals surface area contributed by atoms with Crippen molar-refractivity contribution in [1.82, 2.24) is 24.8 Å². The molecule has 2 aromatic heterocycles. The first-order chi connectivity index (χ1) is 13.9. The second-order valence-electron chi connectivity index (χ2n) is 7.01. The number of nitrogens with one attached hydrogen (secondary N) is 1. The van der Waals surface area contributed by atoms with E-state index in [-0.39, 0.29) is 11.7 Å². The molecule has 29 heavy (non-hydrogen) atoms. The molecule has 1 N–H and O–H groups in total. The molecule has 0 bridgehead atoms. The Labute approximate surface area is 172 Å². The van der Waals surface area contributed by atoms with Crippen molar-refractivity contribution >= 4 is 23.2 Å². The molecule has 0 unspecified atom stereocenters. The first-order valence-electron chi connectivity index (χ1n) is 9.30. The molecule has 152 valence electrons. The average Bonchev–Trinajstić information content (AvgIpc) is 3.25. The lowest BCUT2D eigenvalue weighted by atomic mass is 10.1. The third-order valence-electron chi connectivity index (χ3n) is 5.03. The standard InChI is InChI=1S/C20H21ClFN5O2/c1-11-18(21)12(2)27-19(24-11)15-9-26(10-16(15)25-27)20(28)14-5-4-13(22)8-17(14)29-7-6-23-3/h4-5,8,23H,6-7,9-10H2,1-3H3. The van der Waals surface area contributed by atoms with Crippen LogP contribution < -0.4 is 10.1 Å². The highest BCUT2D eigenvalue weighted by molar-refractivity contribution is 6.31. The Hall–Kier alpha value is -2.71. The van der Waals surface area contributed by atoms with Gasteiger partial charge in [0.25, 0.3) is 5.91 Å². The Morgan fingerprint density at radius 2 is 2.14 bits per heavy atom. The minimum Gasteiger partial charge on any atom is -0.491 e. The van der Waals surface area contributed by atoms with Crippen molar-refractivity contribution in [2.75, 3.05) is 20.2 Å². The molecule has 0 saturated heterocycles. The average molecular weight is 418 g/mol. The molecule has 0 spiro atoms. The van der Waals surface area contributed by atoms with Gasteiger partial charge in [-0.25, -0.2) is 13.9 Å². The maximum Gasteiger partial charge on any atom is 0.258 e. The molecule has 1 amide bonds. The molecular formula is C20H21ClFN5O2. The fourth-order valence-electron chi connectivity index (χ4n) is 3.48. The summed E-state index contributed by atoms with van der Waals surface area (Å²) in [6.45, 7) is 5.38. The molecule has 3 heterocycles. The number of halogens is 2. The summed E-state index contributed by atoms with van der Waals surface area (Å²) in [6.07, 6.45) is 0. The predicted molar refractivity (Wildman–Crippen MR) is 107 cm³/mol. The molecule has 7 nitrogen and oxygen atoms in total. The van der Waals surface area contributed by atoms with Gasteiger partial charge in [0.15, 0.2) is 5.65 Å². The topological polar surface area (TPSA) is 71.8 Å². The van der Waals surface area contributed by atoms with E-state index in [2.05, 4.69) is 15.4 Å². The number of aryl methyl sites for hydroxylation is 2. The molecule has 1 aliphatic rings. The fraction of sp³-hybridized carbons (Fsp3) is 0.350. The molecule has 9 heteroatoms. The van der Waals surface area contributed by atoms with E-state index in [9.17, 15) is 9.18 Å². The Bertz CT molecular complexity index is 1110. The Morgan fingerprint density at radius 3 is 2.90 bits per heavy atom. The van der Waals surface area contributed by atoms with Crippen LogP contribution in [0.3, 0.4) is 0 Å². The van der Waals surface area contributed by atoms with E-state index in [4.69, 9.17) is 16.3 Å². The minimum atomic E-state index is -0.449. The molecule has 0 saturated carbocycles. The monoisotopic (exact) mass is 417 g/mol. The van der Waals surface area contributed by atoms with Crippen molar-refractivity contribution in [3.8, 4) is 5.75 Å². The number of likely N-dealkylation sites (N-methyl/N-ethyl adjacent to an activating group) is 1. The van der Waals surface area contributed by atoms with Crippen LogP contribution >= 0.6 is 11.6 Å². The van der Waals surface area contributed by atoms with E-state index in [1.165, 1.54) is 18.2 Å². The van der Waals surface area contributed by atoms with Gasteiger partial charge in [-0.15, -0.1) is 0 Å². The number of hydrogen-bond acceptors (Lipinski definition) is 5. The molecule has 4 rings (SSSR count). The van der Waals surface area contributed by atoms with Crippen molar-refractivity contribution in [2.45, 2.75) is 26.9 Å². The van der Waals surface area contributed by atoms with Crippen LogP contribution in [-0.4, -0.2) is 45.6 Å². The summed E-state index contributed by atoms with van der Waals surface area (Å²) in [5.74, 6) is -0.445. The zero-order chi connectivity index (χ0) is 20.7. The largest absolute Gasteiger partial charge is 0.491 e. The number of benzene rings is 1. The minimum absolute atomic E-state index is 0.233. The number of carbonyl (C=O) groups excluding carboxylic acids is 1. The third kappa shape index (κ3) is 3.42. The van der Waals surface area contributed by atoms with Gasteiger partial charge < -0.3 is 15.0 Å². The highest BCUT2D eigenvalue weighted by atomic mass is 35.5. The lowest BCUT2D eigenvalue weighted by molar-refractivity contribution is 0.0745. The Balaban J connectivity index is 1.62. The quantitative estimate of drug-likeness (QED) is 0.646. The fourth-order valence-corrected chi connectivity index (χ4v) is 3.60. The summed E-state index contributed by atoms with van der Waals surface area (Å²) in [5.41, 5.74) is 4.27. The van der Waals surface area contributed by atoms with E-state index in [0.717, 1.165) is 22.6 Å². The molecule has 0 aliphatic carbocycles. The van der Waals surface area contributed by atoms with Gasteiger partial charge in [-0.2, -0.15) is 5.10 Å². The zero-order valence-corrected chi connectivity index (χ0v) is 17.2. The molecular weight excluding hydrogens is 397 g/mol. The van der Waals surface area contributed by atoms with Crippen LogP contribution in [0.5, 0.6) is 5.75 Å². The second-order valence-corrected chi connectivity index (χ2v) is 7.39. The maximum absolute atomic E-state index is 13.7. The van der Waals surface area contributed by atoms with Crippen LogP contribution in [-0.2, 0) is 13.1 Å². The van der Waals surface area contributed by atoms with Gasteiger partial charge in [0.2, 0.25) is 0 Å². The number of hydrogen-bond donors (Lipinski definition) is 1. The summed E-state index contributed by atoms with van der Waals surface area (Å²) < 4.78 is 21.0. The Kier molecular flexibility index (Phi) is 5.14. The van der Waals surface area contributed by atoms with E-state index in [1.807, 2.05) is 13.8 Å². The number of nitrogens with zero attached hydrogens (tertiary/aromatic N) is 4. The summed E-state index contributed by atoms with van der Waals surface area (Å²) in [7, 11) is 1.79. The van der Waals surface area contributed by atoms with Crippen LogP contribution in [0.2, 0.25) is 5.02 Å². The van der Waals surface area contributed by atoms with Crippen LogP contribution in [0.1, 0.15) is 33.0 Å². The molecule has 1 aliphatic heterocycles. The first-order valence-corrected chi connectivity index (χ1v) is 9.68. The van der Waals surface area contributed by atoms with Gasteiger partial charge in [0, 0.05) is 18.2 Å². The van der Waals surface area contributed by atoms with Crippen molar-refractivity contribution < 1.29 is 13.9 Å². The van der Waals surface area contributed by atoms with Gasteiger partial charge in [-0.3, -0.25) is 4.79 Å². The highest BCUT2D eigenvalue weighted by Crippen LogP contribution is 2.31. The highest BCUT2D eigenvalue weighted by Gasteiger charge is 2.31. The first kappa shape index (κ1) is 19.6. The molecule has 0 fully saturated rings. The van der Waals surface area contributed by atoms with Crippen molar-refractivity contribution in [3.63, 3.8) is 0 Å². The number of ether oxygens (including phenoxy) is 1. The lowest BCUT2D eigenvalue weighted by Crippen LogP contribution is -2.27. The van der Waals surface area contributed by atoms with E-state index in [0.29, 0.717) is 42.5 Å². The molecule has 1 aromatic carbocycles. The summed E-state index contributed by atoms with van der Waals surface area (Å²) in [4.78, 5) is 19.4. The summed E-state index contributed by atoms with van der Waals surface area (Å²) >= 11 is 6.28. The van der Waals surface area contributed by atoms with Crippen molar-refractivity contribution in [2.24, 2.45) is 0 Å². The van der Waals surface area contributed by atoms with E-state index >= 15 is 0 Å². The normalized spacial score (nSPS) is 13.2. The number of rotatable bonds is 5. The number of aromatic nitrogens is 3. The maximum atomic E-state index is 13.7. The number of fused-ring (bicyclic) bond motifs is 3. The lowest BCUT2D eigenvalue weighted by Gasteiger charge is -2.18. The second kappa shape index (κ2) is 7.61. The predicted octanol–water partition coefficient (Wildman–Crippen LogP) is 2.89. The zero-order valence-electron chi connectivity index (χ0n) is 16.4. The smallest absolute Gasteiger partial charge is 0.258 e. The van der Waals surface area contributed by atoms with Gasteiger partial charge in [-0.05, 0) is 33.0 Å². The van der Waals surface area contributed by atoms with Gasteiger partial charge in [0.05, 0.1) is 40.8 Å². The van der Waals surface area contributed by atoms with E-state index < -0.39 is 5.82 Å². The van der Waals surface area contributed by atoms with Gasteiger partial charge >= 0.3 is 0 Å². The van der Waals surface area contributed by atoms with Crippen LogP contribution in [0, 0.1) is 19.7 Å². The van der Waals surface area contributed by atoms with E-state index in [1.54, 1.807) is 16.5 Å². The van der Waals surface area contributed by atoms with Crippen LogP contribution in [0.25, 0.3) is 5.65 Å². The van der Waals surface area contributed by atoms with Gasteiger partial charge in [0.1, 0.15) is 18.2 Å². The molecule has 3 aromatic rings. The number of carbonyl (C=O) groups is 1. The molecule has 0 radical (unpaired) electrons. The SMILES string of the molecule is CNCCOc1cc(F)ccc1C(=O)N1Cc2nn3c(C)c(Cl)c(C)nc3c2C1. The summed E-state index contributed by atoms with van der Waals surface area (Å²) in [6, 6.07) is 3.97. The van der Waals surface area contributed by atoms with Crippen LogP contribution in [0.4, 0.5) is 4.39 Å². The van der Waals surface area contributed by atoms with Crippen molar-refractivity contribution in [1.29, 1.82) is 0 Å². The van der Waals surface area contributed by atoms with Gasteiger partial charge in [-0.1, -0.05) is 11.6 Å². The van der Waals surface area contributed by atoms with Crippen molar-refractivity contribution in [3.05, 3.63) is 57.2 Å². The third-order valence-corrected chi connectivity index (χ3v) is 5.57. The summed E-state index contributed by atoms with van der Waals surface area (Å²) in [5, 5.41) is 8.13. The van der Waals surface area contributed by atoms with Crippen LogP contribution in [0.15, 0.2) is 18.2 Å². The Morgan fingerprint density at radius 1 is 1.34 bits per heavy atom.